The van der Waals surface area contributed by atoms with E-state index < -0.39 is 0 Å². The van der Waals surface area contributed by atoms with Crippen molar-refractivity contribution < 1.29 is 4.39 Å². The molecule has 0 saturated heterocycles. The summed E-state index contributed by atoms with van der Waals surface area (Å²) >= 11 is 6.08. The molecule has 0 fully saturated rings. The van der Waals surface area contributed by atoms with Gasteiger partial charge in [-0.15, -0.1) is 10.2 Å². The van der Waals surface area contributed by atoms with Crippen molar-refractivity contribution in [3.8, 4) is 0 Å². The standard InChI is InChI=1S/C16H11ClFN5/c1-22(11-5-3-2-4-6-11)14-12-9-10(18)7-8-13(12)23-15(17)20-21-16(23)19-14/h2-9H,1H3. The highest BCUT2D eigenvalue weighted by atomic mass is 35.5. The topological polar surface area (TPSA) is 46.3 Å². The normalized spacial score (nSPS) is 11.3. The van der Waals surface area contributed by atoms with Gasteiger partial charge in [-0.1, -0.05) is 18.2 Å². The lowest BCUT2D eigenvalue weighted by atomic mass is 10.2. The summed E-state index contributed by atoms with van der Waals surface area (Å²) in [7, 11) is 1.87. The van der Waals surface area contributed by atoms with Gasteiger partial charge in [0.1, 0.15) is 11.6 Å². The fourth-order valence-corrected chi connectivity index (χ4v) is 2.81. The quantitative estimate of drug-likeness (QED) is 0.561. The summed E-state index contributed by atoms with van der Waals surface area (Å²) in [5.74, 6) is 0.611. The molecule has 0 saturated carbocycles. The van der Waals surface area contributed by atoms with Gasteiger partial charge in [0.25, 0.3) is 5.78 Å². The first-order valence-corrected chi connectivity index (χ1v) is 7.31. The van der Waals surface area contributed by atoms with Gasteiger partial charge in [-0.2, -0.15) is 4.98 Å². The molecule has 114 valence electrons. The van der Waals surface area contributed by atoms with Crippen LogP contribution in [0.1, 0.15) is 0 Å². The summed E-state index contributed by atoms with van der Waals surface area (Å²) in [6, 6.07) is 14.2. The smallest absolute Gasteiger partial charge is 0.258 e. The van der Waals surface area contributed by atoms with Crippen molar-refractivity contribution in [2.45, 2.75) is 0 Å². The van der Waals surface area contributed by atoms with E-state index in [9.17, 15) is 4.39 Å². The Bertz CT molecular complexity index is 1020. The van der Waals surface area contributed by atoms with E-state index in [1.54, 1.807) is 10.5 Å². The number of fused-ring (bicyclic) bond motifs is 3. The number of anilines is 2. The van der Waals surface area contributed by atoms with Crippen LogP contribution in [0.3, 0.4) is 0 Å². The zero-order chi connectivity index (χ0) is 16.0. The van der Waals surface area contributed by atoms with Crippen LogP contribution in [0.15, 0.2) is 48.5 Å². The maximum absolute atomic E-state index is 13.8. The molecular weight excluding hydrogens is 317 g/mol. The highest BCUT2D eigenvalue weighted by molar-refractivity contribution is 6.29. The van der Waals surface area contributed by atoms with E-state index in [-0.39, 0.29) is 11.1 Å². The minimum Gasteiger partial charge on any atom is -0.329 e. The molecule has 4 aromatic rings. The molecular formula is C16H11ClFN5. The van der Waals surface area contributed by atoms with Gasteiger partial charge in [-0.05, 0) is 41.9 Å². The van der Waals surface area contributed by atoms with Crippen LogP contribution in [0.2, 0.25) is 5.28 Å². The number of para-hydroxylation sites is 1. The predicted molar refractivity (Wildman–Crippen MR) is 87.8 cm³/mol. The maximum atomic E-state index is 13.8. The second-order valence-corrected chi connectivity index (χ2v) is 5.43. The molecule has 23 heavy (non-hydrogen) atoms. The predicted octanol–water partition coefficient (Wildman–Crippen LogP) is 3.84. The van der Waals surface area contributed by atoms with E-state index in [1.807, 2.05) is 42.3 Å². The van der Waals surface area contributed by atoms with Gasteiger partial charge in [-0.25, -0.2) is 8.79 Å². The molecule has 0 unspecified atom stereocenters. The second-order valence-electron chi connectivity index (χ2n) is 5.10. The molecule has 4 rings (SSSR count). The Labute approximate surface area is 136 Å². The number of hydrogen-bond acceptors (Lipinski definition) is 4. The first-order valence-electron chi connectivity index (χ1n) is 6.94. The van der Waals surface area contributed by atoms with Gasteiger partial charge in [0.2, 0.25) is 5.28 Å². The molecule has 2 aromatic carbocycles. The first kappa shape index (κ1) is 13.9. The number of hydrogen-bond donors (Lipinski definition) is 0. The Morgan fingerprint density at radius 3 is 2.65 bits per heavy atom. The van der Waals surface area contributed by atoms with Crippen molar-refractivity contribution in [2.75, 3.05) is 11.9 Å². The Kier molecular flexibility index (Phi) is 3.12. The summed E-state index contributed by atoms with van der Waals surface area (Å²) < 4.78 is 15.4. The lowest BCUT2D eigenvalue weighted by molar-refractivity contribution is 0.629. The molecule has 0 aliphatic heterocycles. The summed E-state index contributed by atoms with van der Waals surface area (Å²) in [6.45, 7) is 0. The highest BCUT2D eigenvalue weighted by Gasteiger charge is 2.17. The van der Waals surface area contributed by atoms with E-state index in [0.29, 0.717) is 22.5 Å². The number of halogens is 2. The SMILES string of the molecule is CN(c1ccccc1)c1nc2nnc(Cl)n2c2ccc(F)cc12. The van der Waals surface area contributed by atoms with Crippen LogP contribution in [0.25, 0.3) is 16.7 Å². The van der Waals surface area contributed by atoms with Crippen LogP contribution in [-0.2, 0) is 0 Å². The fourth-order valence-electron chi connectivity index (χ4n) is 2.60. The molecule has 5 nitrogen and oxygen atoms in total. The van der Waals surface area contributed by atoms with Crippen molar-refractivity contribution >= 4 is 39.8 Å². The van der Waals surface area contributed by atoms with Gasteiger partial charge >= 0.3 is 0 Å². The van der Waals surface area contributed by atoms with E-state index in [4.69, 9.17) is 11.6 Å². The third-order valence-electron chi connectivity index (χ3n) is 3.71. The molecule has 2 heterocycles. The number of benzene rings is 2. The van der Waals surface area contributed by atoms with Gasteiger partial charge in [0.05, 0.1) is 5.52 Å². The Morgan fingerprint density at radius 1 is 1.09 bits per heavy atom. The van der Waals surface area contributed by atoms with Crippen LogP contribution in [0.5, 0.6) is 0 Å². The van der Waals surface area contributed by atoms with Crippen molar-refractivity contribution in [1.29, 1.82) is 0 Å². The third-order valence-corrected chi connectivity index (χ3v) is 3.96. The molecule has 7 heteroatoms. The van der Waals surface area contributed by atoms with Gasteiger partial charge < -0.3 is 4.90 Å². The lowest BCUT2D eigenvalue weighted by Crippen LogP contribution is -2.13. The van der Waals surface area contributed by atoms with Crippen LogP contribution >= 0.6 is 11.6 Å². The molecule has 0 radical (unpaired) electrons. The zero-order valence-corrected chi connectivity index (χ0v) is 12.9. The van der Waals surface area contributed by atoms with Crippen molar-refractivity contribution in [1.82, 2.24) is 19.6 Å². The molecule has 2 aromatic heterocycles. The minimum absolute atomic E-state index is 0.193. The Balaban J connectivity index is 2.06. The second kappa shape index (κ2) is 5.17. The Morgan fingerprint density at radius 2 is 1.87 bits per heavy atom. The molecule has 0 bridgehead atoms. The molecule has 0 amide bonds. The minimum atomic E-state index is -0.342. The first-order chi connectivity index (χ1) is 11.1. The lowest BCUT2D eigenvalue weighted by Gasteiger charge is -2.20. The average molecular weight is 328 g/mol. The monoisotopic (exact) mass is 327 g/mol. The average Bonchev–Trinajstić information content (AvgIpc) is 2.95. The number of rotatable bonds is 2. The fraction of sp³-hybridized carbons (Fsp3) is 0.0625. The summed E-state index contributed by atoms with van der Waals surface area (Å²) in [5, 5.41) is 8.64. The van der Waals surface area contributed by atoms with Crippen molar-refractivity contribution in [2.24, 2.45) is 0 Å². The largest absolute Gasteiger partial charge is 0.329 e. The van der Waals surface area contributed by atoms with E-state index in [0.717, 1.165) is 5.69 Å². The summed E-state index contributed by atoms with van der Waals surface area (Å²) in [6.07, 6.45) is 0. The number of nitrogens with zero attached hydrogens (tertiary/aromatic N) is 5. The zero-order valence-electron chi connectivity index (χ0n) is 12.1. The molecule has 0 aliphatic carbocycles. The molecule has 0 N–H and O–H groups in total. The number of aromatic nitrogens is 4. The molecule has 0 atom stereocenters. The van der Waals surface area contributed by atoms with Gasteiger partial charge in [-0.3, -0.25) is 0 Å². The van der Waals surface area contributed by atoms with Crippen molar-refractivity contribution in [3.63, 3.8) is 0 Å². The summed E-state index contributed by atoms with van der Waals surface area (Å²) in [5.41, 5.74) is 1.63. The maximum Gasteiger partial charge on any atom is 0.258 e. The van der Waals surface area contributed by atoms with E-state index in [2.05, 4.69) is 15.2 Å². The van der Waals surface area contributed by atoms with Crippen LogP contribution in [-0.4, -0.2) is 26.6 Å². The highest BCUT2D eigenvalue weighted by Crippen LogP contribution is 2.31. The van der Waals surface area contributed by atoms with Crippen LogP contribution < -0.4 is 4.90 Å². The van der Waals surface area contributed by atoms with Crippen molar-refractivity contribution in [3.05, 3.63) is 59.6 Å². The van der Waals surface area contributed by atoms with Crippen LogP contribution in [0.4, 0.5) is 15.9 Å². The Hall–Kier alpha value is -2.73. The third kappa shape index (κ3) is 2.19. The van der Waals surface area contributed by atoms with E-state index in [1.165, 1.54) is 12.1 Å². The van der Waals surface area contributed by atoms with Gasteiger partial charge in [0, 0.05) is 18.1 Å². The molecule has 0 spiro atoms. The molecule has 0 aliphatic rings. The van der Waals surface area contributed by atoms with E-state index >= 15 is 0 Å². The van der Waals surface area contributed by atoms with Crippen LogP contribution in [0, 0.1) is 5.82 Å². The summed E-state index contributed by atoms with van der Waals surface area (Å²) in [4.78, 5) is 6.39. The van der Waals surface area contributed by atoms with Gasteiger partial charge in [0.15, 0.2) is 0 Å².